The van der Waals surface area contributed by atoms with E-state index < -0.39 is 0 Å². The molecule has 0 atom stereocenters. The molecule has 9 rings (SSSR count). The first kappa shape index (κ1) is 32.2. The summed E-state index contributed by atoms with van der Waals surface area (Å²) in [6.07, 6.45) is 0. The van der Waals surface area contributed by atoms with Crippen LogP contribution in [0.2, 0.25) is 0 Å². The van der Waals surface area contributed by atoms with Crippen LogP contribution in [0.4, 0.5) is 34.1 Å². The lowest BCUT2D eigenvalue weighted by molar-refractivity contribution is 1.28. The fourth-order valence-corrected chi connectivity index (χ4v) is 8.11. The molecule has 2 aliphatic heterocycles. The number of nitrogens with zero attached hydrogens (tertiary/aromatic N) is 6. The number of nitriles is 4. The number of fused-ring (bicyclic) bond motifs is 4. The van der Waals surface area contributed by atoms with Gasteiger partial charge in [-0.25, -0.2) is 0 Å². The minimum absolute atomic E-state index is 0.166. The highest BCUT2D eigenvalue weighted by Crippen LogP contribution is 2.38. The molecule has 0 radical (unpaired) electrons. The molecule has 0 saturated carbocycles. The second-order valence-electron chi connectivity index (χ2n) is 13.4. The largest absolute Gasteiger partial charge is 0.311 e. The van der Waals surface area contributed by atoms with E-state index in [-0.39, 0.29) is 13.4 Å². The van der Waals surface area contributed by atoms with Crippen molar-refractivity contribution in [2.24, 2.45) is 0 Å². The molecule has 2 aliphatic rings. The summed E-state index contributed by atoms with van der Waals surface area (Å²) >= 11 is 0. The summed E-state index contributed by atoms with van der Waals surface area (Å²) in [5, 5.41) is 39.8. The van der Waals surface area contributed by atoms with Gasteiger partial charge in [-0.1, -0.05) is 95.9 Å². The Balaban J connectivity index is 1.21. The SMILES string of the molecule is N#Cc1ccc2c(c1)N(c1ccccc1)c1cc(C#N)ccc1B2c1ccc(B2c3ccc(C#N)cc3N(c3ccccc3)c3cc(C#N)ccc32)cc1. The highest BCUT2D eigenvalue weighted by molar-refractivity contribution is 6.99. The zero-order chi connectivity index (χ0) is 36.8. The first-order chi connectivity index (χ1) is 26.6. The van der Waals surface area contributed by atoms with Crippen molar-refractivity contribution in [1.82, 2.24) is 0 Å². The Morgan fingerprint density at radius 1 is 0.333 bits per heavy atom. The highest BCUT2D eigenvalue weighted by Gasteiger charge is 2.38. The summed E-state index contributed by atoms with van der Waals surface area (Å²) in [4.78, 5) is 4.30. The van der Waals surface area contributed by atoms with Crippen LogP contribution >= 0.6 is 0 Å². The van der Waals surface area contributed by atoms with Crippen LogP contribution in [0.1, 0.15) is 22.3 Å². The normalized spacial score (nSPS) is 12.2. The van der Waals surface area contributed by atoms with E-state index >= 15 is 0 Å². The zero-order valence-corrected chi connectivity index (χ0v) is 28.8. The molecular formula is C46H26B2N6. The molecule has 0 amide bonds. The molecule has 54 heavy (non-hydrogen) atoms. The minimum Gasteiger partial charge on any atom is -0.311 e. The smallest absolute Gasteiger partial charge is 0.246 e. The van der Waals surface area contributed by atoms with Gasteiger partial charge in [0.1, 0.15) is 0 Å². The zero-order valence-electron chi connectivity index (χ0n) is 28.8. The van der Waals surface area contributed by atoms with Gasteiger partial charge in [-0.2, -0.15) is 21.0 Å². The van der Waals surface area contributed by atoms with E-state index in [4.69, 9.17) is 0 Å². The minimum atomic E-state index is -0.166. The van der Waals surface area contributed by atoms with Crippen LogP contribution in [0.25, 0.3) is 0 Å². The van der Waals surface area contributed by atoms with Crippen molar-refractivity contribution in [3.63, 3.8) is 0 Å². The second-order valence-corrected chi connectivity index (χ2v) is 13.4. The highest BCUT2D eigenvalue weighted by atomic mass is 15.2. The third kappa shape index (κ3) is 5.19. The molecule has 2 heterocycles. The quantitative estimate of drug-likeness (QED) is 0.218. The molecule has 6 nitrogen and oxygen atoms in total. The summed E-state index contributed by atoms with van der Waals surface area (Å²) in [7, 11) is 0. The maximum Gasteiger partial charge on any atom is 0.246 e. The Morgan fingerprint density at radius 2 is 0.611 bits per heavy atom. The molecule has 0 aliphatic carbocycles. The van der Waals surface area contributed by atoms with Crippen molar-refractivity contribution in [2.45, 2.75) is 0 Å². The van der Waals surface area contributed by atoms with Gasteiger partial charge in [0.2, 0.25) is 13.4 Å². The van der Waals surface area contributed by atoms with Crippen molar-refractivity contribution in [3.05, 3.63) is 180 Å². The predicted molar refractivity (Wildman–Crippen MR) is 217 cm³/mol. The van der Waals surface area contributed by atoms with Gasteiger partial charge in [0.15, 0.2) is 0 Å². The van der Waals surface area contributed by atoms with Crippen molar-refractivity contribution >= 4 is 80.3 Å². The van der Waals surface area contributed by atoms with Crippen molar-refractivity contribution in [1.29, 1.82) is 21.0 Å². The standard InChI is InChI=1S/C46H26B2N6/c49-27-31-11-19-39-43(23-31)53(37-7-3-1-4-8-37)44-24-32(28-50)12-20-40(44)47(39)35-15-17-36(18-16-35)48-41-21-13-33(29-51)25-45(41)54(38-9-5-2-6-10-38)46-26-34(30-52)14-22-42(46)48/h1-26H. The van der Waals surface area contributed by atoms with Gasteiger partial charge in [-0.05, 0) is 94.6 Å². The average molecular weight is 684 g/mol. The average Bonchev–Trinajstić information content (AvgIpc) is 3.24. The Kier molecular flexibility index (Phi) is 7.79. The maximum absolute atomic E-state index is 9.94. The molecule has 0 unspecified atom stereocenters. The fourth-order valence-electron chi connectivity index (χ4n) is 8.11. The Hall–Kier alpha value is -7.77. The lowest BCUT2D eigenvalue weighted by Gasteiger charge is -2.38. The third-order valence-electron chi connectivity index (χ3n) is 10.5. The van der Waals surface area contributed by atoms with Crippen molar-refractivity contribution in [3.8, 4) is 24.3 Å². The molecule has 0 N–H and O–H groups in total. The van der Waals surface area contributed by atoms with E-state index in [1.165, 1.54) is 0 Å². The van der Waals surface area contributed by atoms with E-state index in [9.17, 15) is 21.0 Å². The van der Waals surface area contributed by atoms with E-state index in [0.29, 0.717) is 22.3 Å². The number of hydrogen-bond donors (Lipinski definition) is 0. The van der Waals surface area contributed by atoms with Gasteiger partial charge in [0.05, 0.1) is 46.5 Å². The molecule has 0 spiro atoms. The molecule has 246 valence electrons. The molecule has 0 fully saturated rings. The van der Waals surface area contributed by atoms with Crippen molar-refractivity contribution in [2.75, 3.05) is 9.80 Å². The van der Waals surface area contributed by atoms with Crippen LogP contribution in [-0.2, 0) is 0 Å². The summed E-state index contributed by atoms with van der Waals surface area (Å²) in [6, 6.07) is 61.5. The van der Waals surface area contributed by atoms with E-state index in [2.05, 4.69) is 82.6 Å². The molecular weight excluding hydrogens is 658 g/mol. The molecule has 7 aromatic carbocycles. The number of benzene rings is 7. The Labute approximate surface area is 314 Å². The number of rotatable bonds is 4. The van der Waals surface area contributed by atoms with Gasteiger partial charge in [-0.3, -0.25) is 0 Å². The molecule has 0 aromatic heterocycles. The number of para-hydroxylation sites is 2. The third-order valence-corrected chi connectivity index (χ3v) is 10.5. The van der Waals surface area contributed by atoms with Gasteiger partial charge in [-0.15, -0.1) is 0 Å². The van der Waals surface area contributed by atoms with Gasteiger partial charge in [0.25, 0.3) is 0 Å². The lowest BCUT2D eigenvalue weighted by Crippen LogP contribution is -2.59. The van der Waals surface area contributed by atoms with Crippen LogP contribution in [0.15, 0.2) is 158 Å². The molecule has 7 aromatic rings. The number of anilines is 6. The fraction of sp³-hybridized carbons (Fsp3) is 0. The van der Waals surface area contributed by atoms with Crippen LogP contribution in [-0.4, -0.2) is 13.4 Å². The predicted octanol–water partition coefficient (Wildman–Crippen LogP) is 5.77. The van der Waals surface area contributed by atoms with Gasteiger partial charge < -0.3 is 9.80 Å². The molecule has 0 bridgehead atoms. The Bertz CT molecular complexity index is 2470. The summed E-state index contributed by atoms with van der Waals surface area (Å²) in [6.45, 7) is -0.333. The van der Waals surface area contributed by atoms with E-state index in [0.717, 1.165) is 66.9 Å². The Morgan fingerprint density at radius 3 is 0.870 bits per heavy atom. The summed E-state index contributed by atoms with van der Waals surface area (Å²) in [5.74, 6) is 0. The van der Waals surface area contributed by atoms with Gasteiger partial charge in [0, 0.05) is 34.1 Å². The summed E-state index contributed by atoms with van der Waals surface area (Å²) in [5.41, 5.74) is 14.1. The van der Waals surface area contributed by atoms with E-state index in [1.807, 2.05) is 109 Å². The first-order valence-electron chi connectivity index (χ1n) is 17.6. The maximum atomic E-state index is 9.94. The lowest BCUT2D eigenvalue weighted by atomic mass is 9.33. The van der Waals surface area contributed by atoms with Crippen LogP contribution in [0.5, 0.6) is 0 Å². The molecule has 0 saturated heterocycles. The summed E-state index contributed by atoms with van der Waals surface area (Å²) < 4.78 is 0. The number of hydrogen-bond acceptors (Lipinski definition) is 6. The van der Waals surface area contributed by atoms with Crippen LogP contribution in [0, 0.1) is 45.3 Å². The topological polar surface area (TPSA) is 102 Å². The monoisotopic (exact) mass is 684 g/mol. The van der Waals surface area contributed by atoms with E-state index in [1.54, 1.807) is 0 Å². The second kappa shape index (κ2) is 13.1. The van der Waals surface area contributed by atoms with Gasteiger partial charge >= 0.3 is 0 Å². The van der Waals surface area contributed by atoms with Crippen molar-refractivity contribution < 1.29 is 0 Å². The first-order valence-corrected chi connectivity index (χ1v) is 17.6. The van der Waals surface area contributed by atoms with Crippen LogP contribution in [0.3, 0.4) is 0 Å². The van der Waals surface area contributed by atoms with Crippen LogP contribution < -0.4 is 42.6 Å². The molecule has 8 heteroatoms.